The van der Waals surface area contributed by atoms with Crippen molar-refractivity contribution in [2.45, 2.75) is 45.8 Å². The number of hydrogen-bond acceptors (Lipinski definition) is 6. The van der Waals surface area contributed by atoms with Gasteiger partial charge in [0.1, 0.15) is 6.61 Å². The minimum absolute atomic E-state index is 0.0210. The van der Waals surface area contributed by atoms with Gasteiger partial charge in [0.25, 0.3) is 0 Å². The standard InChI is InChI=1S/C9H16O3.C7H13NO2/c1-5-9(3,4)12-7-8(10)11-6-2;1-4-7(2,3)10-6-5-8-9/h5H,1,6-7H2,2-4H3;4-5,9H,1,6H2,2-3H3. The molecule has 0 spiro atoms. The third-order valence-electron chi connectivity index (χ3n) is 2.46. The molecule has 0 rings (SSSR count). The Kier molecular flexibility index (Phi) is 12.3. The second-order valence-electron chi connectivity index (χ2n) is 5.32. The molecule has 0 atom stereocenters. The van der Waals surface area contributed by atoms with Gasteiger partial charge >= 0.3 is 5.97 Å². The summed E-state index contributed by atoms with van der Waals surface area (Å²) in [6.45, 7) is 17.0. The SMILES string of the molecule is C=CC(C)(C)OCC(=O)OCC.C=CC(C)(C)OCC=NO. The van der Waals surface area contributed by atoms with Crippen molar-refractivity contribution < 1.29 is 24.2 Å². The van der Waals surface area contributed by atoms with Crippen LogP contribution in [0.1, 0.15) is 34.6 Å². The van der Waals surface area contributed by atoms with E-state index in [4.69, 9.17) is 14.7 Å². The van der Waals surface area contributed by atoms with Crippen molar-refractivity contribution in [3.8, 4) is 0 Å². The molecular formula is C16H29NO5. The van der Waals surface area contributed by atoms with Crippen molar-refractivity contribution in [1.82, 2.24) is 0 Å². The van der Waals surface area contributed by atoms with Gasteiger partial charge in [-0.2, -0.15) is 0 Å². The van der Waals surface area contributed by atoms with Crippen molar-refractivity contribution >= 4 is 12.2 Å². The van der Waals surface area contributed by atoms with E-state index in [1.54, 1.807) is 19.1 Å². The predicted molar refractivity (Wildman–Crippen MR) is 87.4 cm³/mol. The van der Waals surface area contributed by atoms with E-state index in [9.17, 15) is 4.79 Å². The summed E-state index contributed by atoms with van der Waals surface area (Å²) in [7, 11) is 0. The maximum atomic E-state index is 10.8. The normalized spacial score (nSPS) is 11.5. The van der Waals surface area contributed by atoms with E-state index in [-0.39, 0.29) is 18.2 Å². The second kappa shape index (κ2) is 11.9. The number of carbonyl (C=O) groups excluding carboxylic acids is 1. The lowest BCUT2D eigenvalue weighted by Crippen LogP contribution is -2.25. The molecule has 0 saturated heterocycles. The quantitative estimate of drug-likeness (QED) is 0.233. The average molecular weight is 315 g/mol. The summed E-state index contributed by atoms with van der Waals surface area (Å²) in [5.74, 6) is -0.340. The van der Waals surface area contributed by atoms with E-state index in [1.807, 2.05) is 27.7 Å². The van der Waals surface area contributed by atoms with Crippen LogP contribution in [0.15, 0.2) is 30.5 Å². The molecule has 0 aliphatic heterocycles. The Morgan fingerprint density at radius 3 is 2.05 bits per heavy atom. The van der Waals surface area contributed by atoms with Gasteiger partial charge in [-0.1, -0.05) is 17.3 Å². The van der Waals surface area contributed by atoms with Gasteiger partial charge in [0.15, 0.2) is 0 Å². The van der Waals surface area contributed by atoms with Crippen molar-refractivity contribution in [1.29, 1.82) is 0 Å². The molecule has 0 unspecified atom stereocenters. The summed E-state index contributed by atoms with van der Waals surface area (Å²) in [5, 5.41) is 10.8. The number of hydrogen-bond donors (Lipinski definition) is 1. The molecule has 22 heavy (non-hydrogen) atoms. The Morgan fingerprint density at radius 1 is 1.14 bits per heavy atom. The van der Waals surface area contributed by atoms with Crippen LogP contribution >= 0.6 is 0 Å². The highest BCUT2D eigenvalue weighted by atomic mass is 16.6. The van der Waals surface area contributed by atoms with Crippen LogP contribution in [0.5, 0.6) is 0 Å². The predicted octanol–water partition coefficient (Wildman–Crippen LogP) is 2.96. The Labute approximate surface area is 133 Å². The molecule has 0 aromatic heterocycles. The smallest absolute Gasteiger partial charge is 0.332 e. The van der Waals surface area contributed by atoms with Gasteiger partial charge in [-0.25, -0.2) is 4.79 Å². The molecule has 0 aliphatic carbocycles. The van der Waals surface area contributed by atoms with Crippen LogP contribution in [-0.4, -0.2) is 48.4 Å². The zero-order chi connectivity index (χ0) is 17.6. The number of carbonyl (C=O) groups is 1. The first-order valence-electron chi connectivity index (χ1n) is 7.00. The molecule has 0 aromatic carbocycles. The van der Waals surface area contributed by atoms with Crippen LogP contribution in [0.25, 0.3) is 0 Å². The summed E-state index contributed by atoms with van der Waals surface area (Å²) in [5.41, 5.74) is -0.812. The first-order valence-corrected chi connectivity index (χ1v) is 7.00. The highest BCUT2D eigenvalue weighted by Gasteiger charge is 2.15. The maximum Gasteiger partial charge on any atom is 0.332 e. The molecular weight excluding hydrogens is 286 g/mol. The molecule has 0 aliphatic rings. The van der Waals surface area contributed by atoms with E-state index >= 15 is 0 Å². The van der Waals surface area contributed by atoms with Crippen LogP contribution in [0.3, 0.4) is 0 Å². The molecule has 0 radical (unpaired) electrons. The Morgan fingerprint density at radius 2 is 1.64 bits per heavy atom. The molecule has 0 amide bonds. The maximum absolute atomic E-state index is 10.8. The average Bonchev–Trinajstić information content (AvgIpc) is 2.46. The zero-order valence-corrected chi connectivity index (χ0v) is 14.3. The molecule has 0 heterocycles. The topological polar surface area (TPSA) is 77.4 Å². The molecule has 1 N–H and O–H groups in total. The molecule has 0 aromatic rings. The van der Waals surface area contributed by atoms with Crippen molar-refractivity contribution in [2.24, 2.45) is 5.16 Å². The number of ether oxygens (including phenoxy) is 3. The van der Waals surface area contributed by atoms with Crippen LogP contribution in [0.2, 0.25) is 0 Å². The minimum atomic E-state index is -0.466. The van der Waals surface area contributed by atoms with E-state index in [1.165, 1.54) is 6.21 Å². The van der Waals surface area contributed by atoms with Gasteiger partial charge in [-0.05, 0) is 34.6 Å². The highest BCUT2D eigenvalue weighted by Crippen LogP contribution is 2.09. The Balaban J connectivity index is 0. The number of nitrogens with zero attached hydrogens (tertiary/aromatic N) is 1. The van der Waals surface area contributed by atoms with E-state index in [2.05, 4.69) is 23.1 Å². The third kappa shape index (κ3) is 14.7. The fourth-order valence-corrected chi connectivity index (χ4v) is 0.851. The minimum Gasteiger partial charge on any atom is -0.464 e. The van der Waals surface area contributed by atoms with Gasteiger partial charge in [-0.3, -0.25) is 0 Å². The van der Waals surface area contributed by atoms with E-state index < -0.39 is 5.60 Å². The van der Waals surface area contributed by atoms with Gasteiger partial charge < -0.3 is 19.4 Å². The number of oxime groups is 1. The summed E-state index contributed by atoms with van der Waals surface area (Å²) in [4.78, 5) is 10.8. The van der Waals surface area contributed by atoms with Crippen molar-refractivity contribution in [2.75, 3.05) is 19.8 Å². The summed E-state index contributed by atoms with van der Waals surface area (Å²) in [6, 6.07) is 0. The monoisotopic (exact) mass is 315 g/mol. The van der Waals surface area contributed by atoms with Crippen LogP contribution < -0.4 is 0 Å². The van der Waals surface area contributed by atoms with Crippen molar-refractivity contribution in [3.05, 3.63) is 25.3 Å². The third-order valence-corrected chi connectivity index (χ3v) is 2.46. The fourth-order valence-electron chi connectivity index (χ4n) is 0.851. The summed E-state index contributed by atoms with van der Waals surface area (Å²) < 4.78 is 15.1. The molecule has 6 heteroatoms. The fraction of sp³-hybridized carbons (Fsp3) is 0.625. The van der Waals surface area contributed by atoms with E-state index in [0.29, 0.717) is 13.2 Å². The number of rotatable bonds is 9. The lowest BCUT2D eigenvalue weighted by molar-refractivity contribution is -0.152. The van der Waals surface area contributed by atoms with Crippen LogP contribution in [0, 0.1) is 0 Å². The van der Waals surface area contributed by atoms with Gasteiger partial charge in [0.05, 0.1) is 30.6 Å². The molecule has 0 saturated carbocycles. The van der Waals surface area contributed by atoms with Gasteiger partial charge in [0, 0.05) is 0 Å². The number of esters is 1. The first kappa shape index (κ1) is 22.6. The largest absolute Gasteiger partial charge is 0.464 e. The lowest BCUT2D eigenvalue weighted by atomic mass is 10.1. The van der Waals surface area contributed by atoms with E-state index in [0.717, 1.165) is 0 Å². The highest BCUT2D eigenvalue weighted by molar-refractivity contribution is 5.70. The molecule has 128 valence electrons. The Bertz CT molecular complexity index is 362. The molecule has 6 nitrogen and oxygen atoms in total. The van der Waals surface area contributed by atoms with Crippen molar-refractivity contribution in [3.63, 3.8) is 0 Å². The van der Waals surface area contributed by atoms with Crippen LogP contribution in [0.4, 0.5) is 0 Å². The first-order chi connectivity index (χ1) is 10.1. The molecule has 0 bridgehead atoms. The summed E-state index contributed by atoms with van der Waals surface area (Å²) in [6.07, 6.45) is 4.62. The lowest BCUT2D eigenvalue weighted by Gasteiger charge is -2.19. The zero-order valence-electron chi connectivity index (χ0n) is 14.3. The molecule has 0 fully saturated rings. The van der Waals surface area contributed by atoms with Gasteiger partial charge in [0.2, 0.25) is 0 Å². The second-order valence-corrected chi connectivity index (χ2v) is 5.32. The summed E-state index contributed by atoms with van der Waals surface area (Å²) >= 11 is 0. The van der Waals surface area contributed by atoms with Gasteiger partial charge in [-0.15, -0.1) is 13.2 Å². The van der Waals surface area contributed by atoms with Crippen LogP contribution in [-0.2, 0) is 19.0 Å². The Hall–Kier alpha value is -1.66.